The van der Waals surface area contributed by atoms with Crippen LogP contribution in [0.4, 0.5) is 0 Å². The van der Waals surface area contributed by atoms with Gasteiger partial charge in [-0.05, 0) is 25.0 Å². The fourth-order valence-electron chi connectivity index (χ4n) is 1.27. The highest BCUT2D eigenvalue weighted by molar-refractivity contribution is 7.16. The van der Waals surface area contributed by atoms with Crippen molar-refractivity contribution in [1.82, 2.24) is 4.98 Å². The summed E-state index contributed by atoms with van der Waals surface area (Å²) in [6, 6.07) is 3.36. The number of hydrogen-bond acceptors (Lipinski definition) is 3. The van der Waals surface area contributed by atoms with Crippen molar-refractivity contribution in [2.75, 3.05) is 0 Å². The quantitative estimate of drug-likeness (QED) is 0.725. The zero-order chi connectivity index (χ0) is 9.42. The van der Waals surface area contributed by atoms with Gasteiger partial charge in [-0.1, -0.05) is 17.4 Å². The van der Waals surface area contributed by atoms with Crippen LogP contribution >= 0.6 is 11.3 Å². The molecule has 1 radical (unpaired) electrons. The lowest BCUT2D eigenvalue weighted by molar-refractivity contribution is 0.480. The second-order valence-corrected chi connectivity index (χ2v) is 3.70. The van der Waals surface area contributed by atoms with Crippen molar-refractivity contribution in [1.29, 1.82) is 0 Å². The van der Waals surface area contributed by atoms with Crippen LogP contribution in [-0.4, -0.2) is 10.1 Å². The molecule has 0 unspecified atom stereocenters. The predicted octanol–water partition coefficient (Wildman–Crippen LogP) is 1.67. The lowest BCUT2D eigenvalue weighted by Gasteiger charge is -1.98. The molecule has 67 valence electrons. The first kappa shape index (κ1) is 8.31. The fraction of sp³-hybridized carbons (Fsp3) is 0.111. The Balaban J connectivity index is 2.91. The molecule has 1 aromatic carbocycles. The van der Waals surface area contributed by atoms with Crippen molar-refractivity contribution in [2.24, 2.45) is 0 Å². The van der Waals surface area contributed by atoms with Gasteiger partial charge in [0.25, 0.3) is 0 Å². The Hall–Kier alpha value is -1.29. The Kier molecular flexibility index (Phi) is 1.84. The highest BCUT2D eigenvalue weighted by Crippen LogP contribution is 2.27. The molecular formula is C9H8NO2S. The van der Waals surface area contributed by atoms with E-state index in [0.717, 1.165) is 21.6 Å². The topological polar surface area (TPSA) is 53.1 Å². The standard InChI is InChI=1S/C9H8NO2S/c1-2-5-3-4-6(11)7-8(5)13-9(12)10-7/h3-4,11H,1-2H2,(H,10,12). The van der Waals surface area contributed by atoms with E-state index < -0.39 is 0 Å². The highest BCUT2D eigenvalue weighted by Gasteiger charge is 2.07. The van der Waals surface area contributed by atoms with Crippen LogP contribution in [0, 0.1) is 6.92 Å². The largest absolute Gasteiger partial charge is 0.506 e. The first-order valence-corrected chi connectivity index (χ1v) is 4.67. The molecule has 0 aliphatic rings. The third kappa shape index (κ3) is 1.23. The van der Waals surface area contributed by atoms with Gasteiger partial charge in [0, 0.05) is 0 Å². The molecule has 0 saturated heterocycles. The van der Waals surface area contributed by atoms with E-state index in [4.69, 9.17) is 0 Å². The molecule has 3 nitrogen and oxygen atoms in total. The first-order chi connectivity index (χ1) is 6.22. The second kappa shape index (κ2) is 2.88. The summed E-state index contributed by atoms with van der Waals surface area (Å²) in [6.45, 7) is 3.75. The van der Waals surface area contributed by atoms with Crippen LogP contribution in [0.25, 0.3) is 10.2 Å². The average Bonchev–Trinajstić information content (AvgIpc) is 2.48. The molecule has 2 rings (SSSR count). The van der Waals surface area contributed by atoms with Gasteiger partial charge < -0.3 is 10.1 Å². The molecule has 0 bridgehead atoms. The molecule has 0 spiro atoms. The number of phenolic OH excluding ortho intramolecular Hbond substituents is 1. The number of rotatable bonds is 1. The van der Waals surface area contributed by atoms with E-state index in [1.165, 1.54) is 0 Å². The van der Waals surface area contributed by atoms with Crippen molar-refractivity contribution < 1.29 is 5.11 Å². The van der Waals surface area contributed by atoms with Gasteiger partial charge in [-0.3, -0.25) is 4.79 Å². The van der Waals surface area contributed by atoms with E-state index in [0.29, 0.717) is 11.9 Å². The summed E-state index contributed by atoms with van der Waals surface area (Å²) in [5, 5.41) is 9.42. The van der Waals surface area contributed by atoms with Crippen molar-refractivity contribution in [3.05, 3.63) is 34.3 Å². The molecule has 2 aromatic rings. The van der Waals surface area contributed by atoms with Crippen LogP contribution in [0.3, 0.4) is 0 Å². The number of aromatic hydroxyl groups is 1. The summed E-state index contributed by atoms with van der Waals surface area (Å²) < 4.78 is 0.806. The third-order valence-corrected chi connectivity index (χ3v) is 2.87. The lowest BCUT2D eigenvalue weighted by atomic mass is 10.1. The van der Waals surface area contributed by atoms with Gasteiger partial charge in [0.1, 0.15) is 11.3 Å². The van der Waals surface area contributed by atoms with Crippen LogP contribution in [0.15, 0.2) is 16.9 Å². The molecule has 0 atom stereocenters. The number of hydrogen-bond donors (Lipinski definition) is 2. The predicted molar refractivity (Wildman–Crippen MR) is 53.2 cm³/mol. The zero-order valence-electron chi connectivity index (χ0n) is 6.83. The van der Waals surface area contributed by atoms with Gasteiger partial charge in [0.05, 0.1) is 4.70 Å². The number of nitrogens with one attached hydrogen (secondary N) is 1. The van der Waals surface area contributed by atoms with E-state index in [2.05, 4.69) is 11.9 Å². The van der Waals surface area contributed by atoms with E-state index >= 15 is 0 Å². The van der Waals surface area contributed by atoms with Gasteiger partial charge in [-0.15, -0.1) is 0 Å². The van der Waals surface area contributed by atoms with Crippen LogP contribution in [0.5, 0.6) is 5.75 Å². The number of H-pyrrole nitrogens is 1. The van der Waals surface area contributed by atoms with Gasteiger partial charge in [0.15, 0.2) is 0 Å². The Labute approximate surface area is 78.7 Å². The summed E-state index contributed by atoms with van der Waals surface area (Å²) in [6.07, 6.45) is 0.616. The summed E-state index contributed by atoms with van der Waals surface area (Å²) in [7, 11) is 0. The number of phenols is 1. The van der Waals surface area contributed by atoms with Crippen molar-refractivity contribution in [2.45, 2.75) is 6.42 Å². The summed E-state index contributed by atoms with van der Waals surface area (Å²) in [5.41, 5.74) is 1.51. The maximum Gasteiger partial charge on any atom is 0.305 e. The van der Waals surface area contributed by atoms with Crippen LogP contribution in [-0.2, 0) is 6.42 Å². The summed E-state index contributed by atoms with van der Waals surface area (Å²) in [5.74, 6) is 0.116. The minimum Gasteiger partial charge on any atom is -0.506 e. The van der Waals surface area contributed by atoms with Crippen LogP contribution in [0.1, 0.15) is 5.56 Å². The van der Waals surface area contributed by atoms with Crippen LogP contribution in [0.2, 0.25) is 0 Å². The number of thiazole rings is 1. The molecule has 13 heavy (non-hydrogen) atoms. The maximum atomic E-state index is 11.0. The Morgan fingerprint density at radius 3 is 3.00 bits per heavy atom. The average molecular weight is 194 g/mol. The van der Waals surface area contributed by atoms with Crippen molar-refractivity contribution >= 4 is 21.6 Å². The summed E-state index contributed by atoms with van der Waals surface area (Å²) >= 11 is 1.11. The minimum absolute atomic E-state index is 0.116. The number of benzene rings is 1. The van der Waals surface area contributed by atoms with Gasteiger partial charge in [-0.2, -0.15) is 0 Å². The molecule has 0 fully saturated rings. The molecule has 1 heterocycles. The zero-order valence-corrected chi connectivity index (χ0v) is 7.65. The first-order valence-electron chi connectivity index (χ1n) is 3.85. The molecule has 2 N–H and O–H groups in total. The van der Waals surface area contributed by atoms with E-state index in [9.17, 15) is 9.90 Å². The molecule has 0 aliphatic heterocycles. The summed E-state index contributed by atoms with van der Waals surface area (Å²) in [4.78, 5) is 13.5. The number of fused-ring (bicyclic) bond motifs is 1. The van der Waals surface area contributed by atoms with Gasteiger partial charge in [-0.25, -0.2) is 0 Å². The molecule has 1 aromatic heterocycles. The molecule has 4 heteroatoms. The molecule has 0 amide bonds. The fourth-order valence-corrected chi connectivity index (χ4v) is 2.17. The number of aromatic nitrogens is 1. The minimum atomic E-state index is -0.147. The van der Waals surface area contributed by atoms with Crippen molar-refractivity contribution in [3.8, 4) is 5.75 Å². The molecule has 0 aliphatic carbocycles. The molecule has 0 saturated carbocycles. The Morgan fingerprint density at radius 1 is 1.54 bits per heavy atom. The van der Waals surface area contributed by atoms with E-state index in [1.54, 1.807) is 12.1 Å². The maximum absolute atomic E-state index is 11.0. The van der Waals surface area contributed by atoms with Gasteiger partial charge >= 0.3 is 4.87 Å². The second-order valence-electron chi connectivity index (χ2n) is 2.71. The third-order valence-electron chi connectivity index (χ3n) is 1.91. The van der Waals surface area contributed by atoms with Crippen molar-refractivity contribution in [3.63, 3.8) is 0 Å². The monoisotopic (exact) mass is 194 g/mol. The Bertz CT molecular complexity index is 498. The smallest absolute Gasteiger partial charge is 0.305 e. The highest BCUT2D eigenvalue weighted by atomic mass is 32.1. The number of aromatic amines is 1. The SMILES string of the molecule is [CH2]Cc1ccc(O)c2[nH]c(=O)sc12. The van der Waals surface area contributed by atoms with Crippen LogP contribution < -0.4 is 4.87 Å². The van der Waals surface area contributed by atoms with E-state index in [-0.39, 0.29) is 10.6 Å². The lowest BCUT2D eigenvalue weighted by Crippen LogP contribution is -1.89. The normalized spacial score (nSPS) is 10.8. The van der Waals surface area contributed by atoms with E-state index in [1.807, 2.05) is 0 Å². The van der Waals surface area contributed by atoms with Gasteiger partial charge in [0.2, 0.25) is 0 Å². The molecular weight excluding hydrogens is 186 g/mol. The Morgan fingerprint density at radius 2 is 2.31 bits per heavy atom.